The average Bonchev–Trinajstić information content (AvgIpc) is 2.58. The number of hydrazone groups is 1. The van der Waals surface area contributed by atoms with Crippen LogP contribution in [0.4, 0.5) is 28.0 Å². The van der Waals surface area contributed by atoms with E-state index in [1.54, 1.807) is 26.0 Å². The third kappa shape index (κ3) is 3.78. The van der Waals surface area contributed by atoms with Gasteiger partial charge < -0.3 is 5.32 Å². The summed E-state index contributed by atoms with van der Waals surface area (Å²) in [7, 11) is 0. The van der Waals surface area contributed by atoms with Crippen molar-refractivity contribution >= 4 is 17.9 Å². The summed E-state index contributed by atoms with van der Waals surface area (Å²) in [6.07, 6.45) is 0.501. The van der Waals surface area contributed by atoms with Crippen molar-refractivity contribution in [1.29, 1.82) is 0 Å². The number of hydrogen-bond acceptors (Lipinski definition) is 2. The largest absolute Gasteiger partial charge is 0.339 e. The Kier molecular flexibility index (Phi) is 5.41. The van der Waals surface area contributed by atoms with Crippen molar-refractivity contribution < 1.29 is 22.4 Å². The van der Waals surface area contributed by atoms with E-state index in [0.29, 0.717) is 11.9 Å². The van der Waals surface area contributed by atoms with Crippen LogP contribution in [0.2, 0.25) is 0 Å². The van der Waals surface area contributed by atoms with Crippen LogP contribution in [0.3, 0.4) is 0 Å². The van der Waals surface area contributed by atoms with Crippen molar-refractivity contribution in [3.63, 3.8) is 0 Å². The minimum Gasteiger partial charge on any atom is -0.306 e. The van der Waals surface area contributed by atoms with Crippen molar-refractivity contribution in [2.75, 3.05) is 5.32 Å². The van der Waals surface area contributed by atoms with Gasteiger partial charge >= 0.3 is 6.03 Å². The molecule has 0 aliphatic heterocycles. The molecule has 0 saturated carbocycles. The van der Waals surface area contributed by atoms with Gasteiger partial charge in [0.15, 0.2) is 23.3 Å². The van der Waals surface area contributed by atoms with Crippen LogP contribution < -0.4 is 10.7 Å². The number of para-hydroxylation sites is 1. The van der Waals surface area contributed by atoms with Crippen molar-refractivity contribution in [1.82, 2.24) is 5.43 Å². The quantitative estimate of drug-likeness (QED) is 0.367. The zero-order valence-electron chi connectivity index (χ0n) is 13.7. The average molecular weight is 353 g/mol. The molecule has 8 heteroatoms. The molecule has 0 aliphatic carbocycles. The summed E-state index contributed by atoms with van der Waals surface area (Å²) in [4.78, 5) is 11.8. The zero-order chi connectivity index (χ0) is 18.7. The lowest BCUT2D eigenvalue weighted by Crippen LogP contribution is -2.25. The maximum atomic E-state index is 13.7. The van der Waals surface area contributed by atoms with Crippen molar-refractivity contribution in [2.24, 2.45) is 5.10 Å². The molecular weight excluding hydrogens is 338 g/mol. The van der Waals surface area contributed by atoms with Gasteiger partial charge in [-0.3, -0.25) is 0 Å². The van der Waals surface area contributed by atoms with E-state index in [2.05, 4.69) is 10.4 Å². The number of amides is 2. The SMILES string of the molecule is Cc1cccc(C)c1NC(=O)N/N=C/c1c(F)c(F)c(C)c(F)c1F. The number of anilines is 1. The van der Waals surface area contributed by atoms with Crippen LogP contribution in [0.5, 0.6) is 0 Å². The van der Waals surface area contributed by atoms with Gasteiger partial charge in [0.25, 0.3) is 0 Å². The summed E-state index contributed by atoms with van der Waals surface area (Å²) in [6.45, 7) is 4.48. The second kappa shape index (κ2) is 7.33. The van der Waals surface area contributed by atoms with Gasteiger partial charge in [-0.15, -0.1) is 0 Å². The van der Waals surface area contributed by atoms with E-state index in [1.807, 2.05) is 11.5 Å². The van der Waals surface area contributed by atoms with Crippen LogP contribution >= 0.6 is 0 Å². The van der Waals surface area contributed by atoms with E-state index in [9.17, 15) is 22.4 Å². The van der Waals surface area contributed by atoms with E-state index in [-0.39, 0.29) is 0 Å². The normalized spacial score (nSPS) is 11.0. The molecule has 0 heterocycles. The number of rotatable bonds is 3. The molecule has 0 fully saturated rings. The number of carbonyl (C=O) groups is 1. The maximum Gasteiger partial charge on any atom is 0.339 e. The molecule has 0 aliphatic rings. The predicted octanol–water partition coefficient (Wildman–Crippen LogP) is 4.32. The highest BCUT2D eigenvalue weighted by Gasteiger charge is 2.21. The Morgan fingerprint density at radius 2 is 1.48 bits per heavy atom. The zero-order valence-corrected chi connectivity index (χ0v) is 13.7. The number of nitrogens with zero attached hydrogens (tertiary/aromatic N) is 1. The first-order valence-electron chi connectivity index (χ1n) is 7.22. The second-order valence-electron chi connectivity index (χ2n) is 5.39. The molecule has 0 spiro atoms. The second-order valence-corrected chi connectivity index (χ2v) is 5.39. The Morgan fingerprint density at radius 3 is 2.00 bits per heavy atom. The lowest BCUT2D eigenvalue weighted by Gasteiger charge is -2.10. The fourth-order valence-electron chi connectivity index (χ4n) is 2.18. The monoisotopic (exact) mass is 353 g/mol. The first kappa shape index (κ1) is 18.4. The first-order valence-corrected chi connectivity index (χ1v) is 7.22. The fraction of sp³-hybridized carbons (Fsp3) is 0.176. The van der Waals surface area contributed by atoms with E-state index >= 15 is 0 Å². The van der Waals surface area contributed by atoms with Crippen LogP contribution in [-0.2, 0) is 0 Å². The molecule has 25 heavy (non-hydrogen) atoms. The molecule has 0 radical (unpaired) electrons. The molecule has 2 N–H and O–H groups in total. The minimum atomic E-state index is -1.59. The third-order valence-electron chi connectivity index (χ3n) is 3.60. The molecule has 0 saturated heterocycles. The molecular formula is C17H15F4N3O. The van der Waals surface area contributed by atoms with Gasteiger partial charge in [0, 0.05) is 11.3 Å². The summed E-state index contributed by atoms with van der Waals surface area (Å²) >= 11 is 0. The standard InChI is InChI=1S/C17H15F4N3O/c1-8-5-4-6-9(2)16(8)23-17(25)24-22-7-11-14(20)12(18)10(3)13(19)15(11)21/h4-7H,1-3H3,(H2,23,24,25)/b22-7+. The smallest absolute Gasteiger partial charge is 0.306 e. The highest BCUT2D eigenvalue weighted by atomic mass is 19.2. The first-order chi connectivity index (χ1) is 11.7. The van der Waals surface area contributed by atoms with Gasteiger partial charge in [0.05, 0.1) is 11.8 Å². The third-order valence-corrected chi connectivity index (χ3v) is 3.60. The Hall–Kier alpha value is -2.90. The fourth-order valence-corrected chi connectivity index (χ4v) is 2.18. The van der Waals surface area contributed by atoms with Crippen LogP contribution in [0.1, 0.15) is 22.3 Å². The Morgan fingerprint density at radius 1 is 0.960 bits per heavy atom. The van der Waals surface area contributed by atoms with E-state index in [1.165, 1.54) is 0 Å². The molecule has 2 aromatic carbocycles. The molecule has 2 rings (SSSR count). The highest BCUT2D eigenvalue weighted by molar-refractivity contribution is 5.92. The molecule has 0 bridgehead atoms. The van der Waals surface area contributed by atoms with Crippen molar-refractivity contribution in [3.8, 4) is 0 Å². The molecule has 4 nitrogen and oxygen atoms in total. The van der Waals surface area contributed by atoms with Crippen molar-refractivity contribution in [2.45, 2.75) is 20.8 Å². The summed E-state index contributed by atoms with van der Waals surface area (Å²) in [5.41, 5.74) is 2.36. The summed E-state index contributed by atoms with van der Waals surface area (Å²) in [5.74, 6) is -6.20. The highest BCUT2D eigenvalue weighted by Crippen LogP contribution is 2.22. The number of carbonyl (C=O) groups excluding carboxylic acids is 1. The van der Waals surface area contributed by atoms with Gasteiger partial charge in [0.1, 0.15) is 0 Å². The molecule has 2 aromatic rings. The number of halogens is 4. The van der Waals surface area contributed by atoms with Gasteiger partial charge in [-0.25, -0.2) is 27.8 Å². The summed E-state index contributed by atoms with van der Waals surface area (Å²) in [6, 6.07) is 4.61. The van der Waals surface area contributed by atoms with Gasteiger partial charge in [-0.2, -0.15) is 5.10 Å². The molecule has 2 amide bonds. The summed E-state index contributed by atoms with van der Waals surface area (Å²) < 4.78 is 54.3. The minimum absolute atomic E-state index is 0.501. The maximum absolute atomic E-state index is 13.7. The lowest BCUT2D eigenvalue weighted by atomic mass is 10.1. The van der Waals surface area contributed by atoms with Gasteiger partial charge in [-0.1, -0.05) is 18.2 Å². The van der Waals surface area contributed by atoms with Crippen LogP contribution in [0, 0.1) is 44.0 Å². The Labute approximate surface area is 141 Å². The van der Waals surface area contributed by atoms with E-state index < -0.39 is 40.4 Å². The van der Waals surface area contributed by atoms with Crippen molar-refractivity contribution in [3.05, 3.63) is 63.7 Å². The molecule has 0 aromatic heterocycles. The number of urea groups is 1. The van der Waals surface area contributed by atoms with Gasteiger partial charge in [-0.05, 0) is 31.9 Å². The number of benzene rings is 2. The number of aryl methyl sites for hydroxylation is 2. The lowest BCUT2D eigenvalue weighted by molar-refractivity contribution is 0.252. The number of hydrogen-bond donors (Lipinski definition) is 2. The van der Waals surface area contributed by atoms with E-state index in [4.69, 9.17) is 0 Å². The van der Waals surface area contributed by atoms with Crippen LogP contribution in [-0.4, -0.2) is 12.2 Å². The Balaban J connectivity index is 2.15. The predicted molar refractivity (Wildman–Crippen MR) is 86.7 cm³/mol. The van der Waals surface area contributed by atoms with Crippen LogP contribution in [0.15, 0.2) is 23.3 Å². The Bertz CT molecular complexity index is 816. The number of nitrogens with one attached hydrogen (secondary N) is 2. The molecule has 0 atom stereocenters. The summed E-state index contributed by atoms with van der Waals surface area (Å²) in [5, 5.41) is 5.86. The van der Waals surface area contributed by atoms with Crippen LogP contribution in [0.25, 0.3) is 0 Å². The van der Waals surface area contributed by atoms with E-state index in [0.717, 1.165) is 18.1 Å². The molecule has 132 valence electrons. The van der Waals surface area contributed by atoms with Gasteiger partial charge in [0.2, 0.25) is 0 Å². The topological polar surface area (TPSA) is 53.5 Å². The molecule has 0 unspecified atom stereocenters.